The van der Waals surface area contributed by atoms with Gasteiger partial charge in [-0.25, -0.2) is 4.79 Å². The van der Waals surface area contributed by atoms with Gasteiger partial charge in [-0.05, 0) is 49.8 Å². The Labute approximate surface area is 162 Å². The van der Waals surface area contributed by atoms with Crippen LogP contribution in [0.15, 0.2) is 23.0 Å². The Balaban J connectivity index is 1.59. The van der Waals surface area contributed by atoms with Gasteiger partial charge in [0, 0.05) is 26.1 Å². The van der Waals surface area contributed by atoms with Gasteiger partial charge in [0.15, 0.2) is 0 Å². The second-order valence-corrected chi connectivity index (χ2v) is 7.00. The number of rotatable bonds is 10. The molecule has 1 saturated heterocycles. The molecule has 1 aromatic heterocycles. The molecule has 0 radical (unpaired) electrons. The summed E-state index contributed by atoms with van der Waals surface area (Å²) in [6.07, 6.45) is 5.48. The predicted molar refractivity (Wildman–Crippen MR) is 103 cm³/mol. The number of piperidine rings is 1. The lowest BCUT2D eigenvalue weighted by molar-refractivity contribution is -0.135. The van der Waals surface area contributed by atoms with Crippen LogP contribution in [0.3, 0.4) is 0 Å². The maximum Gasteiger partial charge on any atom is 0.327 e. The summed E-state index contributed by atoms with van der Waals surface area (Å²) >= 11 is 0. The molecule has 1 aliphatic rings. The van der Waals surface area contributed by atoms with Crippen LogP contribution in [0.25, 0.3) is 11.0 Å². The Bertz CT molecular complexity index is 914. The van der Waals surface area contributed by atoms with Crippen molar-refractivity contribution in [1.82, 2.24) is 14.9 Å². The molecule has 0 aliphatic carbocycles. The van der Waals surface area contributed by atoms with E-state index in [1.807, 2.05) is 18.2 Å². The van der Waals surface area contributed by atoms with E-state index in [-0.39, 0.29) is 18.0 Å². The Hall–Kier alpha value is -2.74. The van der Waals surface area contributed by atoms with Gasteiger partial charge in [-0.15, -0.1) is 0 Å². The van der Waals surface area contributed by atoms with Crippen LogP contribution in [-0.4, -0.2) is 40.9 Å². The number of ether oxygens (including phenoxy) is 1. The molecule has 8 nitrogen and oxygen atoms in total. The van der Waals surface area contributed by atoms with Gasteiger partial charge in [0.05, 0.1) is 11.0 Å². The van der Waals surface area contributed by atoms with Crippen LogP contribution in [0, 0.1) is 0 Å². The van der Waals surface area contributed by atoms with Gasteiger partial charge in [0.25, 0.3) is 0 Å². The molecule has 150 valence electrons. The number of aldehydes is 1. The molecule has 2 amide bonds. The zero-order valence-electron chi connectivity index (χ0n) is 15.7. The van der Waals surface area contributed by atoms with E-state index in [1.54, 1.807) is 0 Å². The molecule has 0 bridgehead atoms. The third kappa shape index (κ3) is 4.75. The van der Waals surface area contributed by atoms with Crippen molar-refractivity contribution in [3.63, 3.8) is 0 Å². The summed E-state index contributed by atoms with van der Waals surface area (Å²) in [6.45, 7) is 1.31. The fourth-order valence-electron chi connectivity index (χ4n) is 3.48. The Kier molecular flexibility index (Phi) is 6.76. The molecule has 8 heteroatoms. The lowest BCUT2D eigenvalue weighted by Crippen LogP contribution is -2.43. The summed E-state index contributed by atoms with van der Waals surface area (Å²) in [7, 11) is 0. The van der Waals surface area contributed by atoms with Crippen molar-refractivity contribution in [2.24, 2.45) is 0 Å². The standard InChI is InChI=1S/C20H25N3O5/c24-10-2-1-3-11-28-12-4-5-14-6-7-16-15(13-14)21-20(27)23(16)17-8-9-18(25)22-19(17)26/h6-7,10,13,17H,1-5,8-9,11-12H2,(H,21,27)(H,22,25,26). The van der Waals surface area contributed by atoms with E-state index in [4.69, 9.17) is 4.74 Å². The van der Waals surface area contributed by atoms with Crippen molar-refractivity contribution in [1.29, 1.82) is 0 Å². The number of H-pyrrole nitrogens is 1. The highest BCUT2D eigenvalue weighted by Crippen LogP contribution is 2.22. The molecule has 3 rings (SSSR count). The average Bonchev–Trinajstić information content (AvgIpc) is 2.99. The molecular weight excluding hydrogens is 362 g/mol. The highest BCUT2D eigenvalue weighted by atomic mass is 16.5. The Morgan fingerprint density at radius 3 is 2.75 bits per heavy atom. The van der Waals surface area contributed by atoms with E-state index in [0.717, 1.165) is 37.5 Å². The number of aryl methyl sites for hydroxylation is 1. The number of hydrogen-bond donors (Lipinski definition) is 2. The predicted octanol–water partition coefficient (Wildman–Crippen LogP) is 1.63. The second kappa shape index (κ2) is 9.45. The summed E-state index contributed by atoms with van der Waals surface area (Å²) in [5, 5.41) is 2.29. The number of benzene rings is 1. The SMILES string of the molecule is O=CCCCCOCCCc1ccc2c(c1)[nH]c(=O)n2C1CCC(=O)NC1=O. The summed E-state index contributed by atoms with van der Waals surface area (Å²) in [5.74, 6) is -0.740. The molecule has 0 spiro atoms. The molecule has 1 fully saturated rings. The van der Waals surface area contributed by atoms with Gasteiger partial charge in [-0.3, -0.25) is 19.5 Å². The first-order valence-electron chi connectivity index (χ1n) is 9.68. The zero-order valence-corrected chi connectivity index (χ0v) is 15.7. The van der Waals surface area contributed by atoms with E-state index < -0.39 is 11.9 Å². The van der Waals surface area contributed by atoms with Crippen molar-refractivity contribution in [3.05, 3.63) is 34.2 Å². The molecule has 1 aliphatic heterocycles. The number of hydrogen-bond acceptors (Lipinski definition) is 5. The van der Waals surface area contributed by atoms with Crippen molar-refractivity contribution >= 4 is 29.1 Å². The molecule has 0 saturated carbocycles. The van der Waals surface area contributed by atoms with E-state index >= 15 is 0 Å². The lowest BCUT2D eigenvalue weighted by atomic mass is 10.1. The lowest BCUT2D eigenvalue weighted by Gasteiger charge is -2.21. The number of fused-ring (bicyclic) bond motifs is 1. The average molecular weight is 387 g/mol. The number of nitrogens with zero attached hydrogens (tertiary/aromatic N) is 1. The van der Waals surface area contributed by atoms with Crippen molar-refractivity contribution in [3.8, 4) is 0 Å². The van der Waals surface area contributed by atoms with Crippen molar-refractivity contribution < 1.29 is 19.1 Å². The molecule has 1 unspecified atom stereocenters. The minimum atomic E-state index is -0.669. The molecule has 2 aromatic rings. The van der Waals surface area contributed by atoms with Gasteiger partial charge in [0.1, 0.15) is 12.3 Å². The van der Waals surface area contributed by atoms with Crippen LogP contribution in [0.1, 0.15) is 50.1 Å². The first-order valence-corrected chi connectivity index (χ1v) is 9.68. The smallest absolute Gasteiger partial charge is 0.327 e. The molecule has 28 heavy (non-hydrogen) atoms. The third-order valence-electron chi connectivity index (χ3n) is 4.92. The Morgan fingerprint density at radius 1 is 1.14 bits per heavy atom. The van der Waals surface area contributed by atoms with Gasteiger partial charge in [-0.2, -0.15) is 0 Å². The number of imide groups is 1. The van der Waals surface area contributed by atoms with Gasteiger partial charge >= 0.3 is 5.69 Å². The molecular formula is C20H25N3O5. The van der Waals surface area contributed by atoms with E-state index in [9.17, 15) is 19.2 Å². The number of carbonyl (C=O) groups excluding carboxylic acids is 3. The Morgan fingerprint density at radius 2 is 1.96 bits per heavy atom. The topological polar surface area (TPSA) is 110 Å². The van der Waals surface area contributed by atoms with E-state index in [1.165, 1.54) is 4.57 Å². The van der Waals surface area contributed by atoms with Crippen LogP contribution in [0.2, 0.25) is 0 Å². The normalized spacial score (nSPS) is 17.1. The fourth-order valence-corrected chi connectivity index (χ4v) is 3.48. The number of carbonyl (C=O) groups is 3. The van der Waals surface area contributed by atoms with Crippen LogP contribution in [-0.2, 0) is 25.5 Å². The summed E-state index contributed by atoms with van der Waals surface area (Å²) in [6, 6.07) is 5.04. The van der Waals surface area contributed by atoms with Gasteiger partial charge in [-0.1, -0.05) is 6.07 Å². The van der Waals surface area contributed by atoms with Crippen LogP contribution in [0.5, 0.6) is 0 Å². The van der Waals surface area contributed by atoms with Gasteiger partial charge in [0.2, 0.25) is 11.8 Å². The first-order chi connectivity index (χ1) is 13.6. The second-order valence-electron chi connectivity index (χ2n) is 7.00. The van der Waals surface area contributed by atoms with Gasteiger partial charge < -0.3 is 14.5 Å². The summed E-state index contributed by atoms with van der Waals surface area (Å²) < 4.78 is 7.00. The van der Waals surface area contributed by atoms with Crippen LogP contribution < -0.4 is 11.0 Å². The van der Waals surface area contributed by atoms with E-state index in [0.29, 0.717) is 37.1 Å². The van der Waals surface area contributed by atoms with Crippen molar-refractivity contribution in [2.45, 2.75) is 51.0 Å². The fraction of sp³-hybridized carbons (Fsp3) is 0.500. The summed E-state index contributed by atoms with van der Waals surface area (Å²) in [4.78, 5) is 48.9. The molecule has 2 heterocycles. The number of amides is 2. The largest absolute Gasteiger partial charge is 0.381 e. The molecule has 2 N–H and O–H groups in total. The van der Waals surface area contributed by atoms with Crippen LogP contribution in [0.4, 0.5) is 0 Å². The third-order valence-corrected chi connectivity index (χ3v) is 4.92. The highest BCUT2D eigenvalue weighted by molar-refractivity contribution is 6.00. The number of nitrogens with one attached hydrogen (secondary N) is 2. The quantitative estimate of drug-likeness (QED) is 0.366. The molecule has 1 aromatic carbocycles. The minimum Gasteiger partial charge on any atom is -0.381 e. The highest BCUT2D eigenvalue weighted by Gasteiger charge is 2.30. The number of aromatic nitrogens is 2. The number of aromatic amines is 1. The maximum atomic E-state index is 12.4. The molecule has 1 atom stereocenters. The monoisotopic (exact) mass is 387 g/mol. The van der Waals surface area contributed by atoms with Crippen molar-refractivity contribution in [2.75, 3.05) is 13.2 Å². The summed E-state index contributed by atoms with van der Waals surface area (Å²) in [5.41, 5.74) is 2.07. The first kappa shape index (κ1) is 20.0. The maximum absolute atomic E-state index is 12.4. The number of unbranched alkanes of at least 4 members (excludes halogenated alkanes) is 2. The zero-order chi connectivity index (χ0) is 19.9. The van der Waals surface area contributed by atoms with Crippen LogP contribution >= 0.6 is 0 Å². The number of imidazole rings is 1. The van der Waals surface area contributed by atoms with E-state index in [2.05, 4.69) is 10.3 Å². The minimum absolute atomic E-state index is 0.225.